The number of hydrogen-bond acceptors (Lipinski definition) is 6. The first-order chi connectivity index (χ1) is 11.8. The van der Waals surface area contributed by atoms with Gasteiger partial charge in [0.2, 0.25) is 5.91 Å². The zero-order valence-corrected chi connectivity index (χ0v) is 15.3. The number of amides is 1. The second-order valence-corrected chi connectivity index (χ2v) is 8.28. The van der Waals surface area contributed by atoms with E-state index in [0.717, 1.165) is 0 Å². The molecule has 0 radical (unpaired) electrons. The normalized spacial score (nSPS) is 18.9. The first-order valence-corrected chi connectivity index (χ1v) is 10.1. The lowest BCUT2D eigenvalue weighted by molar-refractivity contribution is -0.116. The molecule has 1 amide bonds. The van der Waals surface area contributed by atoms with Crippen LogP contribution in [0.25, 0.3) is 0 Å². The van der Waals surface area contributed by atoms with E-state index < -0.39 is 15.8 Å². The molecule has 1 heterocycles. The van der Waals surface area contributed by atoms with Gasteiger partial charge in [-0.2, -0.15) is 0 Å². The molecule has 1 aliphatic rings. The van der Waals surface area contributed by atoms with Crippen LogP contribution >= 0.6 is 0 Å². The van der Waals surface area contributed by atoms with Crippen molar-refractivity contribution in [1.29, 1.82) is 0 Å². The summed E-state index contributed by atoms with van der Waals surface area (Å²) >= 11 is 0. The van der Waals surface area contributed by atoms with Crippen molar-refractivity contribution >= 4 is 27.4 Å². The van der Waals surface area contributed by atoms with Gasteiger partial charge in [0, 0.05) is 24.7 Å². The zero-order valence-electron chi connectivity index (χ0n) is 14.5. The van der Waals surface area contributed by atoms with Gasteiger partial charge in [-0.05, 0) is 31.2 Å². The maximum Gasteiger partial charge on any atom is 0.337 e. The second kappa shape index (κ2) is 8.44. The van der Waals surface area contributed by atoms with Crippen molar-refractivity contribution in [3.63, 3.8) is 0 Å². The van der Waals surface area contributed by atoms with Gasteiger partial charge in [-0.3, -0.25) is 9.69 Å². The highest BCUT2D eigenvalue weighted by Crippen LogP contribution is 2.18. The molecular formula is C17H24N2O5S. The number of nitrogens with zero attached hydrogens (tertiary/aromatic N) is 1. The van der Waals surface area contributed by atoms with Crippen LogP contribution in [-0.2, 0) is 19.4 Å². The minimum atomic E-state index is -2.94. The third-order valence-electron chi connectivity index (χ3n) is 4.32. The summed E-state index contributed by atoms with van der Waals surface area (Å²) in [5.41, 5.74) is 0.894. The summed E-state index contributed by atoms with van der Waals surface area (Å²) in [7, 11) is -1.64. The average molecular weight is 368 g/mol. The van der Waals surface area contributed by atoms with Crippen molar-refractivity contribution < 1.29 is 22.7 Å². The molecule has 2 rings (SSSR count). The molecule has 1 fully saturated rings. The summed E-state index contributed by atoms with van der Waals surface area (Å²) in [5, 5.41) is 2.76. The van der Waals surface area contributed by atoms with E-state index in [1.165, 1.54) is 7.11 Å². The number of ether oxygens (including phenoxy) is 1. The van der Waals surface area contributed by atoms with Gasteiger partial charge in [-0.15, -0.1) is 0 Å². The van der Waals surface area contributed by atoms with Crippen molar-refractivity contribution in [2.24, 2.45) is 0 Å². The molecule has 138 valence electrons. The predicted molar refractivity (Wildman–Crippen MR) is 95.3 cm³/mol. The number of benzene rings is 1. The second-order valence-electron chi connectivity index (χ2n) is 6.06. The number of hydrogen-bond donors (Lipinski definition) is 1. The minimum absolute atomic E-state index is 0.00884. The fraction of sp³-hybridized carbons (Fsp3) is 0.529. The highest BCUT2D eigenvalue weighted by atomic mass is 32.2. The first-order valence-electron chi connectivity index (χ1n) is 8.27. The number of esters is 1. The van der Waals surface area contributed by atoms with Crippen LogP contribution in [0.4, 0.5) is 5.69 Å². The van der Waals surface area contributed by atoms with Crippen molar-refractivity contribution in [1.82, 2.24) is 4.90 Å². The van der Waals surface area contributed by atoms with E-state index in [-0.39, 0.29) is 29.9 Å². The summed E-state index contributed by atoms with van der Waals surface area (Å²) in [6.07, 6.45) is 0.881. The molecule has 1 N–H and O–H groups in total. The fourth-order valence-corrected chi connectivity index (χ4v) is 4.73. The molecule has 0 spiro atoms. The molecule has 0 bridgehead atoms. The number of carbonyl (C=O) groups is 2. The third-order valence-corrected chi connectivity index (χ3v) is 6.07. The van der Waals surface area contributed by atoms with Crippen molar-refractivity contribution in [2.75, 3.05) is 37.0 Å². The number of carbonyl (C=O) groups excluding carboxylic acids is 2. The highest BCUT2D eigenvalue weighted by Gasteiger charge is 2.31. The Kier molecular flexibility index (Phi) is 6.55. The van der Waals surface area contributed by atoms with Crippen LogP contribution in [-0.4, -0.2) is 62.9 Å². The molecule has 1 aromatic rings. The van der Waals surface area contributed by atoms with Gasteiger partial charge in [0.1, 0.15) is 0 Å². The van der Waals surface area contributed by atoms with Gasteiger partial charge >= 0.3 is 5.97 Å². The van der Waals surface area contributed by atoms with E-state index in [4.69, 9.17) is 0 Å². The molecular weight excluding hydrogens is 344 g/mol. The summed E-state index contributed by atoms with van der Waals surface area (Å²) in [6.45, 7) is 3.16. The van der Waals surface area contributed by atoms with Crippen LogP contribution in [0.15, 0.2) is 24.3 Å². The molecule has 1 aliphatic heterocycles. The molecule has 8 heteroatoms. The molecule has 1 saturated heterocycles. The SMILES string of the molecule is CCN(CCC(=O)Nc1cccc(C(=O)OC)c1)C1CCS(=O)(=O)C1. The van der Waals surface area contributed by atoms with Crippen LogP contribution < -0.4 is 5.32 Å². The lowest BCUT2D eigenvalue weighted by Crippen LogP contribution is -2.38. The van der Waals surface area contributed by atoms with E-state index in [1.807, 2.05) is 11.8 Å². The maximum absolute atomic E-state index is 12.2. The Morgan fingerprint density at radius 1 is 1.36 bits per heavy atom. The Bertz CT molecular complexity index is 732. The van der Waals surface area contributed by atoms with Crippen LogP contribution in [0.3, 0.4) is 0 Å². The minimum Gasteiger partial charge on any atom is -0.465 e. The molecule has 1 aromatic carbocycles. The Hall–Kier alpha value is -1.93. The quantitative estimate of drug-likeness (QED) is 0.730. The Balaban J connectivity index is 1.88. The monoisotopic (exact) mass is 368 g/mol. The Labute approximate surface area is 148 Å². The van der Waals surface area contributed by atoms with Gasteiger partial charge in [0.25, 0.3) is 0 Å². The summed E-state index contributed by atoms with van der Waals surface area (Å²) in [6, 6.07) is 6.53. The van der Waals surface area contributed by atoms with Crippen LogP contribution in [0.2, 0.25) is 0 Å². The summed E-state index contributed by atoms with van der Waals surface area (Å²) in [4.78, 5) is 25.7. The molecule has 0 saturated carbocycles. The van der Waals surface area contributed by atoms with Crippen molar-refractivity contribution in [2.45, 2.75) is 25.8 Å². The lowest BCUT2D eigenvalue weighted by Gasteiger charge is -2.26. The smallest absolute Gasteiger partial charge is 0.337 e. The third kappa shape index (κ3) is 5.54. The molecule has 0 aromatic heterocycles. The standard InChI is InChI=1S/C17H24N2O5S/c1-3-19(15-8-10-25(22,23)12-15)9-7-16(20)18-14-6-4-5-13(11-14)17(21)24-2/h4-6,11,15H,3,7-10,12H2,1-2H3,(H,18,20). The first kappa shape index (κ1) is 19.4. The number of anilines is 1. The molecule has 1 atom stereocenters. The van der Waals surface area contributed by atoms with E-state index in [2.05, 4.69) is 10.1 Å². The number of sulfone groups is 1. The highest BCUT2D eigenvalue weighted by molar-refractivity contribution is 7.91. The maximum atomic E-state index is 12.2. The largest absolute Gasteiger partial charge is 0.465 e. The van der Waals surface area contributed by atoms with Crippen LogP contribution in [0.5, 0.6) is 0 Å². The topological polar surface area (TPSA) is 92.8 Å². The van der Waals surface area contributed by atoms with Gasteiger partial charge in [-0.25, -0.2) is 13.2 Å². The van der Waals surface area contributed by atoms with E-state index >= 15 is 0 Å². The van der Waals surface area contributed by atoms with Gasteiger partial charge in [0.15, 0.2) is 9.84 Å². The van der Waals surface area contributed by atoms with Crippen molar-refractivity contribution in [3.05, 3.63) is 29.8 Å². The number of rotatable bonds is 7. The van der Waals surface area contributed by atoms with Gasteiger partial charge < -0.3 is 10.1 Å². The predicted octanol–water partition coefficient (Wildman–Crippen LogP) is 1.31. The fourth-order valence-electron chi connectivity index (χ4n) is 2.97. The van der Waals surface area contributed by atoms with Gasteiger partial charge in [0.05, 0.1) is 24.2 Å². The van der Waals surface area contributed by atoms with E-state index in [1.54, 1.807) is 24.3 Å². The Morgan fingerprint density at radius 3 is 2.72 bits per heavy atom. The zero-order chi connectivity index (χ0) is 18.4. The Morgan fingerprint density at radius 2 is 2.12 bits per heavy atom. The molecule has 0 aliphatic carbocycles. The summed E-state index contributed by atoms with van der Waals surface area (Å²) < 4.78 is 27.9. The lowest BCUT2D eigenvalue weighted by atomic mass is 10.2. The summed E-state index contributed by atoms with van der Waals surface area (Å²) in [5.74, 6) is -0.248. The van der Waals surface area contributed by atoms with E-state index in [9.17, 15) is 18.0 Å². The van der Waals surface area contributed by atoms with E-state index in [0.29, 0.717) is 30.8 Å². The molecule has 1 unspecified atom stereocenters. The molecule has 7 nitrogen and oxygen atoms in total. The number of nitrogens with one attached hydrogen (secondary N) is 1. The van der Waals surface area contributed by atoms with Crippen LogP contribution in [0, 0.1) is 0 Å². The van der Waals surface area contributed by atoms with Crippen molar-refractivity contribution in [3.8, 4) is 0 Å². The van der Waals surface area contributed by atoms with Crippen LogP contribution in [0.1, 0.15) is 30.1 Å². The van der Waals surface area contributed by atoms with Gasteiger partial charge in [-0.1, -0.05) is 13.0 Å². The average Bonchev–Trinajstić information content (AvgIpc) is 2.94. The number of methoxy groups -OCH3 is 1. The molecule has 25 heavy (non-hydrogen) atoms.